The number of hydrogen-bond acceptors (Lipinski definition) is 2. The number of rotatable bonds is 5. The monoisotopic (exact) mass is 240 g/mol. The summed E-state index contributed by atoms with van der Waals surface area (Å²) in [6, 6.07) is 5.01. The summed E-state index contributed by atoms with van der Waals surface area (Å²) < 4.78 is 18.4. The lowest BCUT2D eigenvalue weighted by Gasteiger charge is -2.26. The minimum absolute atomic E-state index is 0.0464. The molecule has 0 aliphatic rings. The maximum atomic E-state index is 13.5. The summed E-state index contributed by atoms with van der Waals surface area (Å²) in [5.74, 6) is -0.0695. The molecule has 1 aromatic carbocycles. The second-order valence-electron chi connectivity index (χ2n) is 5.36. The highest BCUT2D eigenvalue weighted by atomic mass is 19.1. The predicted octanol–water partition coefficient (Wildman–Crippen LogP) is 3.17. The molecule has 2 nitrogen and oxygen atoms in total. The van der Waals surface area contributed by atoms with E-state index >= 15 is 0 Å². The zero-order valence-electron chi connectivity index (χ0n) is 11.0. The molecule has 0 aliphatic heterocycles. The van der Waals surface area contributed by atoms with Crippen LogP contribution in [0.25, 0.3) is 0 Å². The molecule has 0 heterocycles. The molecule has 0 saturated carbocycles. The third kappa shape index (κ3) is 4.35. The van der Waals surface area contributed by atoms with Crippen molar-refractivity contribution < 1.29 is 14.2 Å². The smallest absolute Gasteiger partial charge is 0.165 e. The number of hydrogen-bond donors (Lipinski definition) is 1. The maximum absolute atomic E-state index is 13.5. The molecule has 0 amide bonds. The van der Waals surface area contributed by atoms with Crippen LogP contribution in [0.4, 0.5) is 4.39 Å². The summed E-state index contributed by atoms with van der Waals surface area (Å²) >= 11 is 0. The molecule has 1 rings (SSSR count). The Bertz CT molecular complexity index is 372. The number of ether oxygens (including phenoxy) is 1. The Morgan fingerprint density at radius 1 is 1.41 bits per heavy atom. The van der Waals surface area contributed by atoms with Crippen molar-refractivity contribution >= 4 is 0 Å². The molecule has 0 saturated heterocycles. The fraction of sp³-hybridized carbons (Fsp3) is 0.571. The topological polar surface area (TPSA) is 29.5 Å². The molecule has 0 radical (unpaired) electrons. The third-order valence-electron chi connectivity index (χ3n) is 2.75. The first-order chi connectivity index (χ1) is 7.84. The first-order valence-corrected chi connectivity index (χ1v) is 5.84. The van der Waals surface area contributed by atoms with E-state index in [9.17, 15) is 9.50 Å². The van der Waals surface area contributed by atoms with Crippen LogP contribution in [-0.2, 0) is 6.42 Å². The van der Waals surface area contributed by atoms with Gasteiger partial charge in [-0.1, -0.05) is 19.9 Å². The summed E-state index contributed by atoms with van der Waals surface area (Å²) in [7, 11) is 1.45. The lowest BCUT2D eigenvalue weighted by molar-refractivity contribution is 0.129. The highest BCUT2D eigenvalue weighted by molar-refractivity contribution is 5.29. The quantitative estimate of drug-likeness (QED) is 0.856. The predicted molar refractivity (Wildman–Crippen MR) is 66.7 cm³/mol. The van der Waals surface area contributed by atoms with Crippen LogP contribution >= 0.6 is 0 Å². The van der Waals surface area contributed by atoms with Crippen molar-refractivity contribution in [2.24, 2.45) is 5.41 Å². The molecule has 17 heavy (non-hydrogen) atoms. The van der Waals surface area contributed by atoms with Gasteiger partial charge in [-0.05, 0) is 42.9 Å². The van der Waals surface area contributed by atoms with Crippen LogP contribution in [0, 0.1) is 11.2 Å². The van der Waals surface area contributed by atoms with Gasteiger partial charge in [0.2, 0.25) is 0 Å². The molecular weight excluding hydrogens is 219 g/mol. The summed E-state index contributed by atoms with van der Waals surface area (Å²) in [4.78, 5) is 0. The molecule has 1 atom stereocenters. The van der Waals surface area contributed by atoms with E-state index in [0.29, 0.717) is 6.42 Å². The van der Waals surface area contributed by atoms with Gasteiger partial charge < -0.3 is 9.84 Å². The van der Waals surface area contributed by atoms with Gasteiger partial charge in [-0.3, -0.25) is 0 Å². The summed E-state index contributed by atoms with van der Waals surface area (Å²) in [6.45, 7) is 5.92. The molecule has 96 valence electrons. The van der Waals surface area contributed by atoms with E-state index in [1.165, 1.54) is 13.2 Å². The Labute approximate surface area is 102 Å². The standard InChI is InChI=1S/C14H21FO2/c1-10(16)8-14(2,3)9-11-5-6-13(17-4)12(15)7-11/h5-7,10,16H,8-9H2,1-4H3. The third-order valence-corrected chi connectivity index (χ3v) is 2.75. The number of methoxy groups -OCH3 is 1. The van der Waals surface area contributed by atoms with E-state index in [1.807, 2.05) is 6.07 Å². The molecule has 0 aliphatic carbocycles. The highest BCUT2D eigenvalue weighted by Crippen LogP contribution is 2.29. The molecule has 0 aromatic heterocycles. The van der Waals surface area contributed by atoms with Gasteiger partial charge in [0.15, 0.2) is 11.6 Å². The van der Waals surface area contributed by atoms with Gasteiger partial charge in [0.05, 0.1) is 13.2 Å². The fourth-order valence-electron chi connectivity index (χ4n) is 2.24. The van der Waals surface area contributed by atoms with Crippen LogP contribution in [0.5, 0.6) is 5.75 Å². The van der Waals surface area contributed by atoms with Gasteiger partial charge in [0, 0.05) is 0 Å². The Morgan fingerprint density at radius 3 is 2.53 bits per heavy atom. The Kier molecular flexibility index (Phi) is 4.52. The average Bonchev–Trinajstić information content (AvgIpc) is 2.14. The Hall–Kier alpha value is -1.09. The Balaban J connectivity index is 2.78. The van der Waals surface area contributed by atoms with Crippen molar-refractivity contribution in [1.82, 2.24) is 0 Å². The zero-order valence-corrected chi connectivity index (χ0v) is 11.0. The largest absolute Gasteiger partial charge is 0.494 e. The van der Waals surface area contributed by atoms with Crippen LogP contribution in [-0.4, -0.2) is 18.3 Å². The second-order valence-corrected chi connectivity index (χ2v) is 5.36. The normalized spacial score (nSPS) is 13.5. The number of halogens is 1. The number of benzene rings is 1. The molecule has 0 fully saturated rings. The molecule has 3 heteroatoms. The van der Waals surface area contributed by atoms with Gasteiger partial charge in [0.25, 0.3) is 0 Å². The van der Waals surface area contributed by atoms with Gasteiger partial charge in [-0.15, -0.1) is 0 Å². The summed E-state index contributed by atoms with van der Waals surface area (Å²) in [6.07, 6.45) is 1.09. The minimum Gasteiger partial charge on any atom is -0.494 e. The van der Waals surface area contributed by atoms with Crippen molar-refractivity contribution in [3.8, 4) is 5.75 Å². The van der Waals surface area contributed by atoms with Crippen molar-refractivity contribution in [3.63, 3.8) is 0 Å². The van der Waals surface area contributed by atoms with E-state index in [1.54, 1.807) is 13.0 Å². The summed E-state index contributed by atoms with van der Waals surface area (Å²) in [5, 5.41) is 9.41. The van der Waals surface area contributed by atoms with Crippen LogP contribution in [0.1, 0.15) is 32.8 Å². The highest BCUT2D eigenvalue weighted by Gasteiger charge is 2.21. The van der Waals surface area contributed by atoms with Crippen LogP contribution in [0.3, 0.4) is 0 Å². The maximum Gasteiger partial charge on any atom is 0.165 e. The first-order valence-electron chi connectivity index (χ1n) is 5.84. The molecule has 0 spiro atoms. The van der Waals surface area contributed by atoms with Crippen molar-refractivity contribution in [2.75, 3.05) is 7.11 Å². The zero-order chi connectivity index (χ0) is 13.1. The Morgan fingerprint density at radius 2 is 2.06 bits per heavy atom. The van der Waals surface area contributed by atoms with E-state index in [-0.39, 0.29) is 23.1 Å². The minimum atomic E-state index is -0.340. The van der Waals surface area contributed by atoms with Crippen molar-refractivity contribution in [3.05, 3.63) is 29.6 Å². The molecule has 1 N–H and O–H groups in total. The van der Waals surface area contributed by atoms with Gasteiger partial charge >= 0.3 is 0 Å². The van der Waals surface area contributed by atoms with E-state index in [0.717, 1.165) is 12.0 Å². The van der Waals surface area contributed by atoms with Crippen LogP contribution in [0.2, 0.25) is 0 Å². The molecular formula is C14H21FO2. The molecule has 1 aromatic rings. The first kappa shape index (κ1) is 14.0. The van der Waals surface area contributed by atoms with Gasteiger partial charge in [0.1, 0.15) is 0 Å². The molecule has 1 unspecified atom stereocenters. The number of aliphatic hydroxyl groups is 1. The van der Waals surface area contributed by atoms with Gasteiger partial charge in [-0.2, -0.15) is 0 Å². The average molecular weight is 240 g/mol. The fourth-order valence-corrected chi connectivity index (χ4v) is 2.24. The lowest BCUT2D eigenvalue weighted by Crippen LogP contribution is -2.21. The van der Waals surface area contributed by atoms with E-state index in [4.69, 9.17) is 4.74 Å². The number of aliphatic hydroxyl groups excluding tert-OH is 1. The van der Waals surface area contributed by atoms with E-state index in [2.05, 4.69) is 13.8 Å². The second kappa shape index (κ2) is 5.50. The van der Waals surface area contributed by atoms with E-state index < -0.39 is 0 Å². The van der Waals surface area contributed by atoms with Crippen molar-refractivity contribution in [2.45, 2.75) is 39.7 Å². The van der Waals surface area contributed by atoms with Gasteiger partial charge in [-0.25, -0.2) is 4.39 Å². The lowest BCUT2D eigenvalue weighted by atomic mass is 9.81. The van der Waals surface area contributed by atoms with Crippen LogP contribution in [0.15, 0.2) is 18.2 Å². The van der Waals surface area contributed by atoms with Crippen LogP contribution < -0.4 is 4.74 Å². The molecule has 0 bridgehead atoms. The van der Waals surface area contributed by atoms with Crippen molar-refractivity contribution in [1.29, 1.82) is 0 Å². The SMILES string of the molecule is COc1ccc(CC(C)(C)CC(C)O)cc1F. The summed E-state index contributed by atoms with van der Waals surface area (Å²) in [5.41, 5.74) is 0.879.